The molecule has 80 valence electrons. The molecule has 0 N–H and O–H groups in total. The second kappa shape index (κ2) is 7.81. The van der Waals surface area contributed by atoms with E-state index in [0.29, 0.717) is 13.2 Å². The Hall–Kier alpha value is 0.440. The zero-order chi connectivity index (χ0) is 10.2. The van der Waals surface area contributed by atoms with Crippen molar-refractivity contribution in [2.45, 2.75) is 39.5 Å². The first-order chi connectivity index (χ1) is 6.12. The molecule has 0 aliphatic rings. The molecule has 0 amide bonds. The molecule has 0 aliphatic carbocycles. The van der Waals surface area contributed by atoms with Crippen molar-refractivity contribution >= 4 is 18.2 Å². The third kappa shape index (κ3) is 8.76. The molecule has 0 aromatic heterocycles. The lowest BCUT2D eigenvalue weighted by Gasteiger charge is -2.10. The van der Waals surface area contributed by atoms with E-state index >= 15 is 0 Å². The largest absolute Gasteiger partial charge is 0.424 e. The average molecular weight is 229 g/mol. The number of unbranched alkanes of at least 4 members (excludes halogenated alkanes) is 2. The van der Waals surface area contributed by atoms with Gasteiger partial charge in [0.05, 0.1) is 13.2 Å². The van der Waals surface area contributed by atoms with Crippen LogP contribution in [0.15, 0.2) is 0 Å². The van der Waals surface area contributed by atoms with Crippen molar-refractivity contribution in [3.8, 4) is 0 Å². The normalized spacial score (nSPS) is 11.9. The maximum Gasteiger partial charge on any atom is 0.424 e. The predicted octanol–water partition coefficient (Wildman–Crippen LogP) is 3.97. The van der Waals surface area contributed by atoms with Gasteiger partial charge in [-0.1, -0.05) is 26.7 Å². The van der Waals surface area contributed by atoms with E-state index in [9.17, 15) is 4.57 Å². The third-order valence-electron chi connectivity index (χ3n) is 1.49. The van der Waals surface area contributed by atoms with Gasteiger partial charge in [-0.2, -0.15) is 0 Å². The highest BCUT2D eigenvalue weighted by Gasteiger charge is 2.19. The van der Waals surface area contributed by atoms with Gasteiger partial charge in [0.15, 0.2) is 0 Å². The fourth-order valence-electron chi connectivity index (χ4n) is 0.673. The third-order valence-corrected chi connectivity index (χ3v) is 3.05. The highest BCUT2D eigenvalue weighted by atomic mass is 35.7. The van der Waals surface area contributed by atoms with Gasteiger partial charge in [-0.05, 0) is 12.8 Å². The fourth-order valence-corrected chi connectivity index (χ4v) is 1.86. The Labute approximate surface area is 85.1 Å². The SMILES string of the molecule is CCCCOP(=O)(Cl)OCCCC. The molecule has 0 radical (unpaired) electrons. The molecule has 13 heavy (non-hydrogen) atoms. The molecule has 3 nitrogen and oxygen atoms in total. The topological polar surface area (TPSA) is 35.5 Å². The van der Waals surface area contributed by atoms with Crippen LogP contribution in [0.2, 0.25) is 0 Å². The number of hydrogen-bond acceptors (Lipinski definition) is 3. The summed E-state index contributed by atoms with van der Waals surface area (Å²) in [6.45, 7) is 1.59. The standard InChI is InChI=1S/C8H18ClO3P/c1-3-5-7-11-13(9,10)12-8-6-4-2/h3-8H2,1-2H3. The molecule has 0 rings (SSSR count). The van der Waals surface area contributed by atoms with Gasteiger partial charge in [0, 0.05) is 11.2 Å². The van der Waals surface area contributed by atoms with Crippen LogP contribution in [0.1, 0.15) is 39.5 Å². The second-order valence-electron chi connectivity index (χ2n) is 2.80. The molecule has 0 fully saturated rings. The van der Waals surface area contributed by atoms with Gasteiger partial charge in [0.25, 0.3) is 0 Å². The van der Waals surface area contributed by atoms with Crippen LogP contribution in [0, 0.1) is 0 Å². The smallest absolute Gasteiger partial charge is 0.297 e. The van der Waals surface area contributed by atoms with Crippen molar-refractivity contribution in [2.75, 3.05) is 13.2 Å². The van der Waals surface area contributed by atoms with Crippen molar-refractivity contribution < 1.29 is 13.6 Å². The Morgan fingerprint density at radius 1 is 1.08 bits per heavy atom. The lowest BCUT2D eigenvalue weighted by molar-refractivity contribution is 0.213. The lowest BCUT2D eigenvalue weighted by atomic mass is 10.4. The summed E-state index contributed by atoms with van der Waals surface area (Å²) in [4.78, 5) is 0. The van der Waals surface area contributed by atoms with Gasteiger partial charge >= 0.3 is 6.95 Å². The maximum atomic E-state index is 11.3. The van der Waals surface area contributed by atoms with Crippen LogP contribution in [-0.2, 0) is 13.6 Å². The Balaban J connectivity index is 3.49. The van der Waals surface area contributed by atoms with Crippen molar-refractivity contribution in [3.05, 3.63) is 0 Å². The van der Waals surface area contributed by atoms with Crippen molar-refractivity contribution in [1.82, 2.24) is 0 Å². The summed E-state index contributed by atoms with van der Waals surface area (Å²) in [6.07, 6.45) is 3.69. The zero-order valence-electron chi connectivity index (χ0n) is 8.29. The van der Waals surface area contributed by atoms with Crippen molar-refractivity contribution in [2.24, 2.45) is 0 Å². The van der Waals surface area contributed by atoms with Crippen LogP contribution in [0.5, 0.6) is 0 Å². The van der Waals surface area contributed by atoms with E-state index < -0.39 is 6.95 Å². The summed E-state index contributed by atoms with van der Waals surface area (Å²) < 4.78 is 21.1. The molecule has 0 saturated carbocycles. The van der Waals surface area contributed by atoms with Gasteiger partial charge in [0.2, 0.25) is 0 Å². The first-order valence-corrected chi connectivity index (χ1v) is 7.16. The molecule has 0 atom stereocenters. The van der Waals surface area contributed by atoms with Gasteiger partial charge in [-0.3, -0.25) is 9.05 Å². The van der Waals surface area contributed by atoms with Gasteiger partial charge in [-0.15, -0.1) is 0 Å². The Morgan fingerprint density at radius 2 is 1.46 bits per heavy atom. The summed E-state index contributed by atoms with van der Waals surface area (Å²) in [5.74, 6) is 0. The minimum absolute atomic E-state index is 0.406. The maximum absolute atomic E-state index is 11.3. The van der Waals surface area contributed by atoms with Crippen LogP contribution in [0.4, 0.5) is 0 Å². The monoisotopic (exact) mass is 228 g/mol. The van der Waals surface area contributed by atoms with Crippen molar-refractivity contribution in [3.63, 3.8) is 0 Å². The van der Waals surface area contributed by atoms with Crippen LogP contribution >= 0.6 is 18.2 Å². The van der Waals surface area contributed by atoms with Gasteiger partial charge < -0.3 is 0 Å². The predicted molar refractivity (Wildman–Crippen MR) is 55.2 cm³/mol. The Morgan fingerprint density at radius 3 is 1.77 bits per heavy atom. The van der Waals surface area contributed by atoms with E-state index in [2.05, 4.69) is 0 Å². The van der Waals surface area contributed by atoms with E-state index in [-0.39, 0.29) is 0 Å². The molecule has 0 unspecified atom stereocenters. The van der Waals surface area contributed by atoms with Crippen molar-refractivity contribution in [1.29, 1.82) is 0 Å². The summed E-state index contributed by atoms with van der Waals surface area (Å²) in [5, 5.41) is 0. The number of hydrogen-bond donors (Lipinski definition) is 0. The van der Waals surface area contributed by atoms with Crippen LogP contribution in [-0.4, -0.2) is 13.2 Å². The van der Waals surface area contributed by atoms with E-state index in [0.717, 1.165) is 25.7 Å². The molecule has 0 bridgehead atoms. The van der Waals surface area contributed by atoms with Gasteiger partial charge in [0.1, 0.15) is 0 Å². The number of rotatable bonds is 8. The zero-order valence-corrected chi connectivity index (χ0v) is 9.94. The summed E-state index contributed by atoms with van der Waals surface area (Å²) in [7, 11) is 0. The van der Waals surface area contributed by atoms with E-state index in [1.165, 1.54) is 0 Å². The molecule has 0 aromatic carbocycles. The van der Waals surface area contributed by atoms with E-state index in [1.807, 2.05) is 13.8 Å². The second-order valence-corrected chi connectivity index (χ2v) is 5.42. The molecule has 0 aromatic rings. The first kappa shape index (κ1) is 13.4. The highest BCUT2D eigenvalue weighted by molar-refractivity contribution is 7.81. The summed E-state index contributed by atoms with van der Waals surface area (Å²) >= 11 is 5.52. The van der Waals surface area contributed by atoms with E-state index in [4.69, 9.17) is 20.3 Å². The minimum Gasteiger partial charge on any atom is -0.297 e. The minimum atomic E-state index is -3.28. The summed E-state index contributed by atoms with van der Waals surface area (Å²) in [5.41, 5.74) is 0. The highest BCUT2D eigenvalue weighted by Crippen LogP contribution is 2.53. The van der Waals surface area contributed by atoms with Crippen LogP contribution in [0.25, 0.3) is 0 Å². The molecule has 0 spiro atoms. The Kier molecular flexibility index (Phi) is 8.07. The lowest BCUT2D eigenvalue weighted by Crippen LogP contribution is -1.94. The molecule has 5 heteroatoms. The molecular weight excluding hydrogens is 211 g/mol. The van der Waals surface area contributed by atoms with Gasteiger partial charge in [-0.25, -0.2) is 4.57 Å². The quantitative estimate of drug-likeness (QED) is 0.466. The van der Waals surface area contributed by atoms with E-state index in [1.54, 1.807) is 0 Å². The molecule has 0 aliphatic heterocycles. The molecule has 0 heterocycles. The average Bonchev–Trinajstić information content (AvgIpc) is 2.05. The van der Waals surface area contributed by atoms with Crippen LogP contribution < -0.4 is 0 Å². The molecule has 0 saturated heterocycles. The Bertz CT molecular complexity index is 149. The molecular formula is C8H18ClO3P. The fraction of sp³-hybridized carbons (Fsp3) is 1.00. The van der Waals surface area contributed by atoms with Crippen LogP contribution in [0.3, 0.4) is 0 Å². The first-order valence-electron chi connectivity index (χ1n) is 4.71. The number of halogens is 1. The summed E-state index contributed by atoms with van der Waals surface area (Å²) in [6, 6.07) is 0.